The molecule has 4 rings (SSSR count). The molecule has 0 heterocycles. The minimum absolute atomic E-state index is 0.0994. The van der Waals surface area contributed by atoms with E-state index in [1.807, 2.05) is 36.4 Å². The largest absolute Gasteiger partial charge is 0.497 e. The normalized spacial score (nSPS) is 13.1. The van der Waals surface area contributed by atoms with Crippen molar-refractivity contribution >= 4 is 12.1 Å². The Morgan fingerprint density at radius 3 is 2.03 bits per heavy atom. The number of rotatable bonds is 8. The fourth-order valence-electron chi connectivity index (χ4n) is 4.73. The topological polar surface area (TPSA) is 85.3 Å². The number of aliphatic carboxylic acids is 1. The standard InChI is InChI=1S/C28H29NO6/c1-17(2)29(26(27(30)31)23-14-13-18(33-3)15-25(23)34-4)28(32)35-16-24-21-11-7-5-9-19(21)20-10-6-8-12-22(20)24/h5-15,17,24,26H,16H2,1-4H3,(H,30,31). The molecule has 3 aromatic carbocycles. The Morgan fingerprint density at radius 2 is 1.51 bits per heavy atom. The predicted octanol–water partition coefficient (Wildman–Crippen LogP) is 5.49. The van der Waals surface area contributed by atoms with Gasteiger partial charge in [-0.3, -0.25) is 4.90 Å². The third kappa shape index (κ3) is 4.54. The summed E-state index contributed by atoms with van der Waals surface area (Å²) in [5.41, 5.74) is 4.75. The van der Waals surface area contributed by atoms with Crippen LogP contribution in [-0.2, 0) is 9.53 Å². The molecule has 1 aliphatic rings. The molecule has 0 saturated carbocycles. The molecule has 0 bridgehead atoms. The van der Waals surface area contributed by atoms with Gasteiger partial charge >= 0.3 is 12.1 Å². The van der Waals surface area contributed by atoms with Crippen molar-refractivity contribution in [2.24, 2.45) is 0 Å². The summed E-state index contributed by atoms with van der Waals surface area (Å²) in [6.07, 6.45) is -0.702. The van der Waals surface area contributed by atoms with Crippen molar-refractivity contribution in [1.29, 1.82) is 0 Å². The number of hydrogen-bond acceptors (Lipinski definition) is 5. The van der Waals surface area contributed by atoms with Crippen LogP contribution in [0.15, 0.2) is 66.7 Å². The van der Waals surface area contributed by atoms with Gasteiger partial charge in [0.15, 0.2) is 6.04 Å². The van der Waals surface area contributed by atoms with Gasteiger partial charge in [0.05, 0.1) is 14.2 Å². The first kappa shape index (κ1) is 24.1. The first-order valence-corrected chi connectivity index (χ1v) is 11.4. The lowest BCUT2D eigenvalue weighted by molar-refractivity contribution is -0.143. The van der Waals surface area contributed by atoms with Gasteiger partial charge in [-0.1, -0.05) is 48.5 Å². The SMILES string of the molecule is COc1ccc(C(C(=O)O)N(C(=O)OCC2c3ccccc3-c3ccccc32)C(C)C)c(OC)c1. The number of amides is 1. The van der Waals surface area contributed by atoms with Crippen LogP contribution in [0.2, 0.25) is 0 Å². The van der Waals surface area contributed by atoms with Crippen molar-refractivity contribution in [2.45, 2.75) is 31.8 Å². The van der Waals surface area contributed by atoms with Gasteiger partial charge in [0.1, 0.15) is 18.1 Å². The molecule has 0 radical (unpaired) electrons. The van der Waals surface area contributed by atoms with Gasteiger partial charge in [-0.05, 0) is 48.2 Å². The van der Waals surface area contributed by atoms with Crippen LogP contribution in [0.1, 0.15) is 42.5 Å². The van der Waals surface area contributed by atoms with E-state index < -0.39 is 24.1 Å². The van der Waals surface area contributed by atoms with Crippen molar-refractivity contribution in [1.82, 2.24) is 4.90 Å². The molecule has 182 valence electrons. The van der Waals surface area contributed by atoms with Gasteiger partial charge in [0.25, 0.3) is 0 Å². The van der Waals surface area contributed by atoms with Crippen LogP contribution in [0, 0.1) is 0 Å². The second-order valence-electron chi connectivity index (χ2n) is 8.65. The van der Waals surface area contributed by atoms with Gasteiger partial charge in [0.2, 0.25) is 0 Å². The third-order valence-electron chi connectivity index (χ3n) is 6.35. The molecule has 1 N–H and O–H groups in total. The summed E-state index contributed by atoms with van der Waals surface area (Å²) in [6, 6.07) is 19.2. The summed E-state index contributed by atoms with van der Waals surface area (Å²) in [4.78, 5) is 27.0. The highest BCUT2D eigenvalue weighted by Gasteiger charge is 2.37. The smallest absolute Gasteiger partial charge is 0.411 e. The van der Waals surface area contributed by atoms with E-state index in [1.165, 1.54) is 19.1 Å². The maximum atomic E-state index is 13.4. The fourth-order valence-corrected chi connectivity index (χ4v) is 4.73. The highest BCUT2D eigenvalue weighted by atomic mass is 16.6. The number of ether oxygens (including phenoxy) is 3. The zero-order chi connectivity index (χ0) is 25.1. The molecule has 1 amide bonds. The van der Waals surface area contributed by atoms with E-state index in [0.717, 1.165) is 22.3 Å². The number of benzene rings is 3. The monoisotopic (exact) mass is 475 g/mol. The average Bonchev–Trinajstić information content (AvgIpc) is 3.18. The van der Waals surface area contributed by atoms with Crippen LogP contribution < -0.4 is 9.47 Å². The molecule has 0 fully saturated rings. The number of hydrogen-bond donors (Lipinski definition) is 1. The average molecular weight is 476 g/mol. The van der Waals surface area contributed by atoms with E-state index in [2.05, 4.69) is 12.1 Å². The Hall–Kier alpha value is -4.00. The first-order valence-electron chi connectivity index (χ1n) is 11.4. The number of fused-ring (bicyclic) bond motifs is 3. The molecule has 7 nitrogen and oxygen atoms in total. The van der Waals surface area contributed by atoms with E-state index in [9.17, 15) is 14.7 Å². The first-order chi connectivity index (χ1) is 16.9. The van der Waals surface area contributed by atoms with Crippen molar-refractivity contribution < 1.29 is 28.9 Å². The lowest BCUT2D eigenvalue weighted by atomic mass is 9.98. The second-order valence-corrected chi connectivity index (χ2v) is 8.65. The lowest BCUT2D eigenvalue weighted by Gasteiger charge is -2.33. The highest BCUT2D eigenvalue weighted by molar-refractivity contribution is 5.83. The molecule has 35 heavy (non-hydrogen) atoms. The molecule has 0 aromatic heterocycles. The second kappa shape index (κ2) is 10.1. The Labute approximate surface area is 204 Å². The van der Waals surface area contributed by atoms with Crippen LogP contribution in [0.25, 0.3) is 11.1 Å². The number of methoxy groups -OCH3 is 2. The minimum atomic E-state index is -1.30. The Kier molecular flexibility index (Phi) is 6.96. The van der Waals surface area contributed by atoms with Crippen molar-refractivity contribution in [3.8, 4) is 22.6 Å². The minimum Gasteiger partial charge on any atom is -0.497 e. The summed E-state index contributed by atoms with van der Waals surface area (Å²) in [6.45, 7) is 3.61. The molecule has 7 heteroatoms. The van der Waals surface area contributed by atoms with Crippen LogP contribution in [0.3, 0.4) is 0 Å². The van der Waals surface area contributed by atoms with Crippen LogP contribution in [-0.4, -0.2) is 48.9 Å². The number of nitrogens with zero attached hydrogens (tertiary/aromatic N) is 1. The molecule has 1 atom stereocenters. The number of carbonyl (C=O) groups excluding carboxylic acids is 1. The van der Waals surface area contributed by atoms with Gasteiger partial charge in [-0.25, -0.2) is 9.59 Å². The fraction of sp³-hybridized carbons (Fsp3) is 0.286. The van der Waals surface area contributed by atoms with Gasteiger partial charge < -0.3 is 19.3 Å². The maximum Gasteiger partial charge on any atom is 0.411 e. The van der Waals surface area contributed by atoms with Crippen molar-refractivity contribution in [3.05, 3.63) is 83.4 Å². The number of carboxylic acids is 1. The van der Waals surface area contributed by atoms with Crippen LogP contribution in [0.5, 0.6) is 11.5 Å². The number of carboxylic acid groups (broad SMARTS) is 1. The van der Waals surface area contributed by atoms with Gasteiger partial charge in [-0.15, -0.1) is 0 Å². The Balaban J connectivity index is 1.62. The van der Waals surface area contributed by atoms with E-state index in [-0.39, 0.29) is 12.5 Å². The van der Waals surface area contributed by atoms with Crippen molar-refractivity contribution in [3.63, 3.8) is 0 Å². The molecule has 1 unspecified atom stereocenters. The zero-order valence-electron chi connectivity index (χ0n) is 20.2. The summed E-state index contributed by atoms with van der Waals surface area (Å²) in [7, 11) is 2.96. The zero-order valence-corrected chi connectivity index (χ0v) is 20.2. The lowest BCUT2D eigenvalue weighted by Crippen LogP contribution is -2.44. The quantitative estimate of drug-likeness (QED) is 0.464. The van der Waals surface area contributed by atoms with Gasteiger partial charge in [-0.2, -0.15) is 0 Å². The van der Waals surface area contributed by atoms with E-state index in [0.29, 0.717) is 17.1 Å². The molecular formula is C28H29NO6. The van der Waals surface area contributed by atoms with Crippen LogP contribution in [0.4, 0.5) is 4.79 Å². The molecule has 0 spiro atoms. The van der Waals surface area contributed by atoms with Crippen molar-refractivity contribution in [2.75, 3.05) is 20.8 Å². The van der Waals surface area contributed by atoms with E-state index >= 15 is 0 Å². The van der Waals surface area contributed by atoms with E-state index in [4.69, 9.17) is 14.2 Å². The van der Waals surface area contributed by atoms with Gasteiger partial charge in [0, 0.05) is 23.6 Å². The highest BCUT2D eigenvalue weighted by Crippen LogP contribution is 2.44. The summed E-state index contributed by atoms with van der Waals surface area (Å²) < 4.78 is 16.4. The molecular weight excluding hydrogens is 446 g/mol. The molecule has 3 aromatic rings. The number of carbonyl (C=O) groups is 2. The third-order valence-corrected chi connectivity index (χ3v) is 6.35. The Bertz CT molecular complexity index is 1190. The molecule has 1 aliphatic carbocycles. The summed E-state index contributed by atoms with van der Waals surface area (Å²) in [5, 5.41) is 10.1. The summed E-state index contributed by atoms with van der Waals surface area (Å²) in [5.74, 6) is -0.476. The van der Waals surface area contributed by atoms with E-state index in [1.54, 1.807) is 32.0 Å². The molecule has 0 aliphatic heterocycles. The predicted molar refractivity (Wildman–Crippen MR) is 132 cm³/mol. The Morgan fingerprint density at radius 1 is 0.914 bits per heavy atom. The van der Waals surface area contributed by atoms with Crippen LogP contribution >= 0.6 is 0 Å². The maximum absolute atomic E-state index is 13.4. The molecule has 0 saturated heterocycles. The summed E-state index contributed by atoms with van der Waals surface area (Å²) >= 11 is 0.